The second kappa shape index (κ2) is 9.68. The van der Waals surface area contributed by atoms with E-state index in [1.165, 1.54) is 44.2 Å². The van der Waals surface area contributed by atoms with Crippen LogP contribution in [-0.2, 0) is 6.54 Å². The van der Waals surface area contributed by atoms with Gasteiger partial charge in [0, 0.05) is 57.8 Å². The van der Waals surface area contributed by atoms with Crippen molar-refractivity contribution in [3.8, 4) is 5.69 Å². The van der Waals surface area contributed by atoms with Crippen LogP contribution in [0, 0.1) is 5.92 Å². The minimum absolute atomic E-state index is 0.286. The molecule has 0 amide bonds. The normalized spacial score (nSPS) is 22.5. The van der Waals surface area contributed by atoms with E-state index in [9.17, 15) is 5.11 Å². The van der Waals surface area contributed by atoms with Gasteiger partial charge in [0.25, 0.3) is 0 Å². The van der Waals surface area contributed by atoms with Crippen LogP contribution >= 0.6 is 0 Å². The summed E-state index contributed by atoms with van der Waals surface area (Å²) in [4.78, 5) is 5.22. The van der Waals surface area contributed by atoms with E-state index in [1.807, 2.05) is 23.1 Å². The van der Waals surface area contributed by atoms with Crippen molar-refractivity contribution in [3.05, 3.63) is 48.3 Å². The Hall–Kier alpha value is -1.69. The Morgan fingerprint density at radius 2 is 1.96 bits per heavy atom. The van der Waals surface area contributed by atoms with Crippen LogP contribution in [0.3, 0.4) is 0 Å². The highest BCUT2D eigenvalue weighted by Gasteiger charge is 2.28. The van der Waals surface area contributed by atoms with Crippen LogP contribution < -0.4 is 0 Å². The molecule has 5 heteroatoms. The maximum Gasteiger partial charge on any atom is 0.0648 e. The Balaban J connectivity index is 1.36. The van der Waals surface area contributed by atoms with Gasteiger partial charge in [0.05, 0.1) is 5.69 Å². The van der Waals surface area contributed by atoms with E-state index in [0.717, 1.165) is 44.2 Å². The molecule has 0 radical (unpaired) electrons. The van der Waals surface area contributed by atoms with Gasteiger partial charge in [-0.2, -0.15) is 5.10 Å². The predicted octanol–water partition coefficient (Wildman–Crippen LogP) is 3.32. The zero-order valence-corrected chi connectivity index (χ0v) is 16.9. The van der Waals surface area contributed by atoms with Crippen molar-refractivity contribution in [3.63, 3.8) is 0 Å². The van der Waals surface area contributed by atoms with Gasteiger partial charge in [0.15, 0.2) is 0 Å². The van der Waals surface area contributed by atoms with Gasteiger partial charge in [-0.25, -0.2) is 4.68 Å². The molecule has 1 saturated carbocycles. The summed E-state index contributed by atoms with van der Waals surface area (Å²) < 4.78 is 1.92. The molecule has 2 fully saturated rings. The van der Waals surface area contributed by atoms with Crippen molar-refractivity contribution >= 4 is 0 Å². The topological polar surface area (TPSA) is 44.5 Å². The third kappa shape index (κ3) is 5.02. The van der Waals surface area contributed by atoms with Crippen molar-refractivity contribution in [2.45, 2.75) is 51.1 Å². The van der Waals surface area contributed by atoms with Crippen molar-refractivity contribution in [1.82, 2.24) is 19.6 Å². The molecule has 1 saturated heterocycles. The number of nitrogens with zero attached hydrogens (tertiary/aromatic N) is 4. The van der Waals surface area contributed by atoms with Crippen LogP contribution in [0.4, 0.5) is 0 Å². The Morgan fingerprint density at radius 1 is 1.07 bits per heavy atom. The highest BCUT2D eigenvalue weighted by atomic mass is 16.3. The fourth-order valence-electron chi connectivity index (χ4n) is 4.94. The standard InChI is InChI=1S/C23H34N4O/c28-15-10-23-19-25(13-14-26(23)18-20-6-2-1-3-7-20)17-21-8-4-9-22(16-21)27-12-5-11-24-27/h4-5,8-9,11-12,16,20,23,28H,1-3,6-7,10,13-15,17-19H2/t23-/m1/s1. The molecule has 1 aliphatic heterocycles. The van der Waals surface area contributed by atoms with E-state index in [-0.39, 0.29) is 6.61 Å². The first-order chi connectivity index (χ1) is 13.8. The largest absolute Gasteiger partial charge is 0.396 e. The van der Waals surface area contributed by atoms with Crippen molar-refractivity contribution < 1.29 is 5.11 Å². The molecule has 5 nitrogen and oxygen atoms in total. The van der Waals surface area contributed by atoms with Crippen LogP contribution in [0.15, 0.2) is 42.7 Å². The summed E-state index contributed by atoms with van der Waals surface area (Å²) in [5.74, 6) is 0.868. The number of piperazine rings is 1. The Kier molecular flexibility index (Phi) is 6.78. The number of hydrogen-bond acceptors (Lipinski definition) is 4. The first-order valence-corrected chi connectivity index (χ1v) is 11.0. The quantitative estimate of drug-likeness (QED) is 0.798. The van der Waals surface area contributed by atoms with Crippen molar-refractivity contribution in [1.29, 1.82) is 0 Å². The van der Waals surface area contributed by atoms with Crippen LogP contribution in [0.5, 0.6) is 0 Å². The number of hydrogen-bond donors (Lipinski definition) is 1. The number of aliphatic hydroxyl groups excluding tert-OH is 1. The molecule has 1 aliphatic carbocycles. The molecule has 4 rings (SSSR count). The van der Waals surface area contributed by atoms with Gasteiger partial charge in [0.2, 0.25) is 0 Å². The molecule has 2 aromatic rings. The third-order valence-corrected chi connectivity index (χ3v) is 6.45. The van der Waals surface area contributed by atoms with Crippen LogP contribution in [0.2, 0.25) is 0 Å². The Labute approximate surface area is 169 Å². The third-order valence-electron chi connectivity index (χ3n) is 6.45. The summed E-state index contributed by atoms with van der Waals surface area (Å²) in [5.41, 5.74) is 2.45. The lowest BCUT2D eigenvalue weighted by Crippen LogP contribution is -2.54. The van der Waals surface area contributed by atoms with E-state index >= 15 is 0 Å². The van der Waals surface area contributed by atoms with E-state index in [0.29, 0.717) is 6.04 Å². The lowest BCUT2D eigenvalue weighted by molar-refractivity contribution is 0.0400. The monoisotopic (exact) mass is 382 g/mol. The Morgan fingerprint density at radius 3 is 2.75 bits per heavy atom. The van der Waals surface area contributed by atoms with Gasteiger partial charge in [-0.15, -0.1) is 0 Å². The molecule has 2 aliphatic rings. The second-order valence-corrected chi connectivity index (χ2v) is 8.52. The highest BCUT2D eigenvalue weighted by Crippen LogP contribution is 2.26. The van der Waals surface area contributed by atoms with E-state index in [4.69, 9.17) is 0 Å². The first kappa shape index (κ1) is 19.6. The zero-order chi connectivity index (χ0) is 19.2. The molecular weight excluding hydrogens is 348 g/mol. The van der Waals surface area contributed by atoms with E-state index in [1.54, 1.807) is 0 Å². The molecule has 1 N–H and O–H groups in total. The fraction of sp³-hybridized carbons (Fsp3) is 0.609. The number of rotatable bonds is 7. The molecule has 0 bridgehead atoms. The van der Waals surface area contributed by atoms with Gasteiger partial charge >= 0.3 is 0 Å². The maximum atomic E-state index is 9.61. The molecule has 1 aromatic heterocycles. The average Bonchev–Trinajstić information content (AvgIpc) is 3.26. The summed E-state index contributed by atoms with van der Waals surface area (Å²) in [6.45, 7) is 5.77. The minimum Gasteiger partial charge on any atom is -0.396 e. The second-order valence-electron chi connectivity index (χ2n) is 8.52. The Bertz CT molecular complexity index is 711. The SMILES string of the molecule is OCC[C@@H]1CN(Cc2cccc(-n3cccn3)c2)CCN1CC1CCCCC1. The highest BCUT2D eigenvalue weighted by molar-refractivity contribution is 5.35. The smallest absolute Gasteiger partial charge is 0.0648 e. The molecule has 0 unspecified atom stereocenters. The molecule has 2 heterocycles. The summed E-state index contributed by atoms with van der Waals surface area (Å²) in [5, 5.41) is 14.0. The molecule has 28 heavy (non-hydrogen) atoms. The van der Waals surface area contributed by atoms with Crippen LogP contribution in [0.25, 0.3) is 5.69 Å². The summed E-state index contributed by atoms with van der Waals surface area (Å²) in [6, 6.07) is 11.1. The number of benzene rings is 1. The number of aliphatic hydroxyl groups is 1. The summed E-state index contributed by atoms with van der Waals surface area (Å²) in [7, 11) is 0. The van der Waals surface area contributed by atoms with Crippen LogP contribution in [0.1, 0.15) is 44.1 Å². The van der Waals surface area contributed by atoms with Crippen molar-refractivity contribution in [2.24, 2.45) is 5.92 Å². The van der Waals surface area contributed by atoms with E-state index in [2.05, 4.69) is 39.2 Å². The lowest BCUT2D eigenvalue weighted by atomic mass is 9.88. The molecule has 1 atom stereocenters. The summed E-state index contributed by atoms with van der Waals surface area (Å²) in [6.07, 6.45) is 11.7. The van der Waals surface area contributed by atoms with Gasteiger partial charge in [0.1, 0.15) is 0 Å². The molecule has 152 valence electrons. The fourth-order valence-corrected chi connectivity index (χ4v) is 4.94. The maximum absolute atomic E-state index is 9.61. The number of aromatic nitrogens is 2. The lowest BCUT2D eigenvalue weighted by Gasteiger charge is -2.43. The molecule has 0 spiro atoms. The predicted molar refractivity (Wildman–Crippen MR) is 112 cm³/mol. The summed E-state index contributed by atoms with van der Waals surface area (Å²) >= 11 is 0. The van der Waals surface area contributed by atoms with Crippen molar-refractivity contribution in [2.75, 3.05) is 32.8 Å². The van der Waals surface area contributed by atoms with Gasteiger partial charge in [-0.1, -0.05) is 31.4 Å². The van der Waals surface area contributed by atoms with Gasteiger partial charge in [-0.05, 0) is 48.9 Å². The zero-order valence-electron chi connectivity index (χ0n) is 16.9. The molecular formula is C23H34N4O. The van der Waals surface area contributed by atoms with Crippen LogP contribution in [-0.4, -0.2) is 63.5 Å². The van der Waals surface area contributed by atoms with Gasteiger partial charge in [-0.3, -0.25) is 9.80 Å². The van der Waals surface area contributed by atoms with Gasteiger partial charge < -0.3 is 5.11 Å². The minimum atomic E-state index is 0.286. The molecule has 1 aromatic carbocycles. The average molecular weight is 383 g/mol. The van der Waals surface area contributed by atoms with E-state index < -0.39 is 0 Å². The first-order valence-electron chi connectivity index (χ1n) is 11.0.